The minimum Gasteiger partial charge on any atom is -0.508 e. The molecule has 2 aromatic rings. The first-order chi connectivity index (χ1) is 13.4. The molecule has 1 atom stereocenters. The zero-order chi connectivity index (χ0) is 20.1. The van der Waals surface area contributed by atoms with Gasteiger partial charge in [-0.3, -0.25) is 4.79 Å². The second kappa shape index (κ2) is 8.65. The van der Waals surface area contributed by atoms with Gasteiger partial charge in [-0.15, -0.1) is 0 Å². The molecule has 1 unspecified atom stereocenters. The molecule has 150 valence electrons. The predicted molar refractivity (Wildman–Crippen MR) is 115 cm³/mol. The molecule has 2 aromatic carbocycles. The van der Waals surface area contributed by atoms with E-state index in [0.29, 0.717) is 0 Å². The molecule has 0 saturated carbocycles. The molecule has 1 heterocycles. The highest BCUT2D eigenvalue weighted by atomic mass is 16.3. The van der Waals surface area contributed by atoms with Crippen molar-refractivity contribution in [1.29, 1.82) is 0 Å². The van der Waals surface area contributed by atoms with Gasteiger partial charge >= 0.3 is 0 Å². The standard InChI is InChI=1S/C23H31N3O2/c1-17(2)22(28)24-19-9-11-20(12-10-19)25-23(3,16-26-13-4-5-14-26)18-7-6-8-21(27)15-18/h6-12,15,17,25,27H,4-5,13-14,16H2,1-3H3,(H,24,28). The second-order valence-electron chi connectivity index (χ2n) is 8.21. The first-order valence-electron chi connectivity index (χ1n) is 10.1. The molecule has 0 radical (unpaired) electrons. The molecule has 5 nitrogen and oxygen atoms in total. The Labute approximate surface area is 167 Å². The summed E-state index contributed by atoms with van der Waals surface area (Å²) in [5.41, 5.74) is 2.48. The van der Waals surface area contributed by atoms with E-state index in [0.717, 1.165) is 36.6 Å². The Morgan fingerprint density at radius 2 is 1.75 bits per heavy atom. The van der Waals surface area contributed by atoms with Gasteiger partial charge in [-0.25, -0.2) is 0 Å². The molecule has 0 aliphatic carbocycles. The lowest BCUT2D eigenvalue weighted by Gasteiger charge is -2.36. The minimum absolute atomic E-state index is 0.0133. The van der Waals surface area contributed by atoms with Crippen molar-refractivity contribution in [2.75, 3.05) is 30.3 Å². The Morgan fingerprint density at radius 3 is 2.36 bits per heavy atom. The van der Waals surface area contributed by atoms with Crippen molar-refractivity contribution in [3.8, 4) is 5.75 Å². The zero-order valence-corrected chi connectivity index (χ0v) is 17.0. The van der Waals surface area contributed by atoms with Gasteiger partial charge < -0.3 is 20.6 Å². The molecule has 1 amide bonds. The Balaban J connectivity index is 1.79. The third-order valence-corrected chi connectivity index (χ3v) is 5.32. The quantitative estimate of drug-likeness (QED) is 0.665. The first-order valence-corrected chi connectivity index (χ1v) is 10.1. The molecule has 0 aromatic heterocycles. The van der Waals surface area contributed by atoms with Crippen LogP contribution < -0.4 is 10.6 Å². The van der Waals surface area contributed by atoms with E-state index in [4.69, 9.17) is 0 Å². The molecule has 0 bridgehead atoms. The number of aromatic hydroxyl groups is 1. The van der Waals surface area contributed by atoms with Crippen molar-refractivity contribution in [1.82, 2.24) is 4.90 Å². The van der Waals surface area contributed by atoms with Crippen LogP contribution in [0.15, 0.2) is 48.5 Å². The summed E-state index contributed by atoms with van der Waals surface area (Å²) in [7, 11) is 0. The lowest BCUT2D eigenvalue weighted by atomic mass is 9.90. The monoisotopic (exact) mass is 381 g/mol. The van der Waals surface area contributed by atoms with Gasteiger partial charge in [-0.2, -0.15) is 0 Å². The summed E-state index contributed by atoms with van der Waals surface area (Å²) in [6.45, 7) is 9.01. The fourth-order valence-electron chi connectivity index (χ4n) is 3.68. The van der Waals surface area contributed by atoms with Crippen LogP contribution in [-0.4, -0.2) is 35.5 Å². The predicted octanol–water partition coefficient (Wildman–Crippen LogP) is 4.41. The molecule has 0 spiro atoms. The highest BCUT2D eigenvalue weighted by molar-refractivity contribution is 5.92. The molecule has 3 N–H and O–H groups in total. The van der Waals surface area contributed by atoms with Crippen LogP contribution in [0.3, 0.4) is 0 Å². The van der Waals surface area contributed by atoms with E-state index in [2.05, 4.69) is 28.5 Å². The number of hydrogen-bond acceptors (Lipinski definition) is 4. The van der Waals surface area contributed by atoms with Crippen molar-refractivity contribution < 1.29 is 9.90 Å². The summed E-state index contributed by atoms with van der Waals surface area (Å²) in [5.74, 6) is 0.241. The highest BCUT2D eigenvalue weighted by Gasteiger charge is 2.30. The fraction of sp³-hybridized carbons (Fsp3) is 0.435. The zero-order valence-electron chi connectivity index (χ0n) is 17.0. The molecule has 1 aliphatic rings. The lowest BCUT2D eigenvalue weighted by Crippen LogP contribution is -2.43. The minimum atomic E-state index is -0.341. The third kappa shape index (κ3) is 5.04. The summed E-state index contributed by atoms with van der Waals surface area (Å²) < 4.78 is 0. The number of likely N-dealkylation sites (tertiary alicyclic amines) is 1. The van der Waals surface area contributed by atoms with E-state index >= 15 is 0 Å². The van der Waals surface area contributed by atoms with Gasteiger partial charge in [0.1, 0.15) is 5.75 Å². The largest absolute Gasteiger partial charge is 0.508 e. The van der Waals surface area contributed by atoms with Gasteiger partial charge in [0.05, 0.1) is 5.54 Å². The maximum Gasteiger partial charge on any atom is 0.226 e. The number of nitrogens with one attached hydrogen (secondary N) is 2. The number of rotatable bonds is 7. The van der Waals surface area contributed by atoms with Crippen LogP contribution in [0.1, 0.15) is 39.2 Å². The number of benzene rings is 2. The van der Waals surface area contributed by atoms with Crippen LogP contribution in [-0.2, 0) is 10.3 Å². The van der Waals surface area contributed by atoms with E-state index in [1.54, 1.807) is 6.07 Å². The van der Waals surface area contributed by atoms with E-state index in [1.807, 2.05) is 50.2 Å². The average molecular weight is 382 g/mol. The Kier molecular flexibility index (Phi) is 6.25. The van der Waals surface area contributed by atoms with Gasteiger partial charge in [0.15, 0.2) is 0 Å². The van der Waals surface area contributed by atoms with Crippen molar-refractivity contribution in [3.63, 3.8) is 0 Å². The SMILES string of the molecule is CC(C)C(=O)Nc1ccc(NC(C)(CN2CCCC2)c2cccc(O)c2)cc1. The maximum atomic E-state index is 11.9. The number of phenolic OH excluding ortho intramolecular Hbond substituents is 1. The number of hydrogen-bond donors (Lipinski definition) is 3. The van der Waals surface area contributed by atoms with E-state index in [-0.39, 0.29) is 23.1 Å². The maximum absolute atomic E-state index is 11.9. The Hall–Kier alpha value is -2.53. The number of phenols is 1. The second-order valence-corrected chi connectivity index (χ2v) is 8.21. The van der Waals surface area contributed by atoms with Crippen LogP contribution in [0.5, 0.6) is 5.75 Å². The van der Waals surface area contributed by atoms with E-state index in [1.165, 1.54) is 12.8 Å². The number of anilines is 2. The number of carbonyl (C=O) groups excluding carboxylic acids is 1. The molecular weight excluding hydrogens is 350 g/mol. The third-order valence-electron chi connectivity index (χ3n) is 5.32. The summed E-state index contributed by atoms with van der Waals surface area (Å²) >= 11 is 0. The molecule has 3 rings (SSSR count). The van der Waals surface area contributed by atoms with Gasteiger partial charge in [0.2, 0.25) is 5.91 Å². The lowest BCUT2D eigenvalue weighted by molar-refractivity contribution is -0.118. The van der Waals surface area contributed by atoms with Gasteiger partial charge in [-0.1, -0.05) is 26.0 Å². The Bertz CT molecular complexity index is 798. The number of carbonyl (C=O) groups is 1. The van der Waals surface area contributed by atoms with E-state index in [9.17, 15) is 9.90 Å². The van der Waals surface area contributed by atoms with Crippen molar-refractivity contribution >= 4 is 17.3 Å². The topological polar surface area (TPSA) is 64.6 Å². The summed E-state index contributed by atoms with van der Waals surface area (Å²) in [6, 6.07) is 15.3. The smallest absolute Gasteiger partial charge is 0.226 e. The van der Waals surface area contributed by atoms with Gasteiger partial charge in [-0.05, 0) is 74.8 Å². The fourth-order valence-corrected chi connectivity index (χ4v) is 3.68. The van der Waals surface area contributed by atoms with Crippen LogP contribution in [0.25, 0.3) is 0 Å². The normalized spacial score (nSPS) is 16.7. The van der Waals surface area contributed by atoms with E-state index < -0.39 is 0 Å². The molecule has 1 aliphatic heterocycles. The van der Waals surface area contributed by atoms with Gasteiger partial charge in [0.25, 0.3) is 0 Å². The molecule has 5 heteroatoms. The van der Waals surface area contributed by atoms with Crippen LogP contribution >= 0.6 is 0 Å². The summed E-state index contributed by atoms with van der Waals surface area (Å²) in [5, 5.41) is 16.6. The number of amides is 1. The summed E-state index contributed by atoms with van der Waals surface area (Å²) in [4.78, 5) is 14.3. The van der Waals surface area contributed by atoms with Crippen LogP contribution in [0.2, 0.25) is 0 Å². The molecule has 1 fully saturated rings. The van der Waals surface area contributed by atoms with Crippen LogP contribution in [0, 0.1) is 5.92 Å². The number of nitrogens with zero attached hydrogens (tertiary/aromatic N) is 1. The van der Waals surface area contributed by atoms with Crippen molar-refractivity contribution in [2.45, 2.75) is 39.2 Å². The average Bonchev–Trinajstić information content (AvgIpc) is 3.16. The van der Waals surface area contributed by atoms with Crippen molar-refractivity contribution in [3.05, 3.63) is 54.1 Å². The van der Waals surface area contributed by atoms with Crippen molar-refractivity contribution in [2.24, 2.45) is 5.92 Å². The summed E-state index contributed by atoms with van der Waals surface area (Å²) in [6.07, 6.45) is 2.47. The highest BCUT2D eigenvalue weighted by Crippen LogP contribution is 2.31. The molecule has 1 saturated heterocycles. The van der Waals surface area contributed by atoms with Gasteiger partial charge in [0, 0.05) is 23.8 Å². The first kappa shape index (κ1) is 20.2. The van der Waals surface area contributed by atoms with Crippen LogP contribution in [0.4, 0.5) is 11.4 Å². The molecular formula is C23H31N3O2. The Morgan fingerprint density at radius 1 is 1.11 bits per heavy atom. The molecule has 28 heavy (non-hydrogen) atoms.